The quantitative estimate of drug-likeness (QED) is 0.485. The maximum absolute atomic E-state index is 11.8. The molecular formula is C12H22BrNO3. The molecule has 0 spiro atoms. The third kappa shape index (κ3) is 8.18. The predicted octanol–water partition coefficient (Wildman–Crippen LogP) is 2.35. The smallest absolute Gasteiger partial charge is 0.317 e. The Labute approximate surface area is 112 Å². The van der Waals surface area contributed by atoms with Gasteiger partial charge in [0, 0.05) is 13.1 Å². The molecule has 0 aromatic heterocycles. The van der Waals surface area contributed by atoms with Gasteiger partial charge in [0.15, 0.2) is 6.61 Å². The minimum atomic E-state index is -0.399. The summed E-state index contributed by atoms with van der Waals surface area (Å²) >= 11 is 2.99. The molecule has 100 valence electrons. The number of hydrogen-bond acceptors (Lipinski definition) is 3. The lowest BCUT2D eigenvalue weighted by atomic mass is 10.2. The third-order valence-electron chi connectivity index (χ3n) is 2.38. The molecule has 1 amide bonds. The fraction of sp³-hybridized carbons (Fsp3) is 0.833. The lowest BCUT2D eigenvalue weighted by Gasteiger charge is -2.22. The second kappa shape index (κ2) is 10.6. The van der Waals surface area contributed by atoms with E-state index in [1.54, 1.807) is 4.90 Å². The van der Waals surface area contributed by atoms with E-state index in [0.29, 0.717) is 0 Å². The Hall–Kier alpha value is -0.580. The lowest BCUT2D eigenvalue weighted by Crippen LogP contribution is -2.36. The molecule has 0 N–H and O–H groups in total. The van der Waals surface area contributed by atoms with Gasteiger partial charge in [-0.25, -0.2) is 0 Å². The molecule has 0 atom stereocenters. The van der Waals surface area contributed by atoms with Gasteiger partial charge in [0.05, 0.1) is 0 Å². The SMILES string of the molecule is CCCCN(CCCC)C(=O)COC(=O)CBr. The molecule has 0 rings (SSSR count). The van der Waals surface area contributed by atoms with Crippen LogP contribution in [0.15, 0.2) is 0 Å². The van der Waals surface area contributed by atoms with Gasteiger partial charge in [0.25, 0.3) is 5.91 Å². The normalized spacial score (nSPS) is 10.1. The van der Waals surface area contributed by atoms with Gasteiger partial charge in [-0.1, -0.05) is 42.6 Å². The molecule has 0 unspecified atom stereocenters. The first-order valence-corrected chi connectivity index (χ1v) is 7.27. The van der Waals surface area contributed by atoms with Crippen molar-refractivity contribution >= 4 is 27.8 Å². The summed E-state index contributed by atoms with van der Waals surface area (Å²) in [6.45, 7) is 5.54. The van der Waals surface area contributed by atoms with E-state index in [1.165, 1.54) is 0 Å². The Morgan fingerprint density at radius 3 is 2.06 bits per heavy atom. The average molecular weight is 308 g/mol. The van der Waals surface area contributed by atoms with Crippen molar-refractivity contribution in [2.75, 3.05) is 25.0 Å². The van der Waals surface area contributed by atoms with Crippen LogP contribution >= 0.6 is 15.9 Å². The van der Waals surface area contributed by atoms with Crippen molar-refractivity contribution in [1.29, 1.82) is 0 Å². The van der Waals surface area contributed by atoms with Crippen molar-refractivity contribution in [3.8, 4) is 0 Å². The molecular weight excluding hydrogens is 286 g/mol. The Bertz CT molecular complexity index is 226. The average Bonchev–Trinajstić information content (AvgIpc) is 2.35. The van der Waals surface area contributed by atoms with Crippen molar-refractivity contribution in [1.82, 2.24) is 4.90 Å². The van der Waals surface area contributed by atoms with Crippen LogP contribution in [0.4, 0.5) is 0 Å². The van der Waals surface area contributed by atoms with E-state index >= 15 is 0 Å². The van der Waals surface area contributed by atoms with E-state index in [-0.39, 0.29) is 17.8 Å². The number of rotatable bonds is 9. The molecule has 5 heteroatoms. The first-order chi connectivity index (χ1) is 8.15. The van der Waals surface area contributed by atoms with Crippen molar-refractivity contribution < 1.29 is 14.3 Å². The van der Waals surface area contributed by atoms with Crippen molar-refractivity contribution in [3.05, 3.63) is 0 Å². The number of carbonyl (C=O) groups is 2. The molecule has 0 fully saturated rings. The Kier molecular flexibility index (Phi) is 10.2. The Morgan fingerprint density at radius 1 is 1.12 bits per heavy atom. The van der Waals surface area contributed by atoms with Crippen LogP contribution < -0.4 is 0 Å². The number of amides is 1. The second-order valence-corrected chi connectivity index (χ2v) is 4.44. The number of hydrogen-bond donors (Lipinski definition) is 0. The first kappa shape index (κ1) is 16.4. The molecule has 0 aliphatic carbocycles. The van der Waals surface area contributed by atoms with E-state index < -0.39 is 5.97 Å². The highest BCUT2D eigenvalue weighted by Gasteiger charge is 2.14. The molecule has 0 radical (unpaired) electrons. The van der Waals surface area contributed by atoms with Gasteiger partial charge in [0.1, 0.15) is 5.33 Å². The van der Waals surface area contributed by atoms with Gasteiger partial charge in [-0.2, -0.15) is 0 Å². The van der Waals surface area contributed by atoms with Crippen molar-refractivity contribution in [2.45, 2.75) is 39.5 Å². The van der Waals surface area contributed by atoms with Crippen LogP contribution in [-0.4, -0.2) is 41.8 Å². The third-order valence-corrected chi connectivity index (χ3v) is 2.84. The summed E-state index contributed by atoms with van der Waals surface area (Å²) in [4.78, 5) is 24.5. The summed E-state index contributed by atoms with van der Waals surface area (Å²) in [5, 5.41) is 0.129. The molecule has 17 heavy (non-hydrogen) atoms. The zero-order valence-electron chi connectivity index (χ0n) is 10.7. The molecule has 0 saturated heterocycles. The van der Waals surface area contributed by atoms with Gasteiger partial charge >= 0.3 is 5.97 Å². The number of carbonyl (C=O) groups excluding carboxylic acids is 2. The minimum absolute atomic E-state index is 0.0961. The van der Waals surface area contributed by atoms with E-state index in [2.05, 4.69) is 29.8 Å². The molecule has 4 nitrogen and oxygen atoms in total. The van der Waals surface area contributed by atoms with Crippen LogP contribution in [0.5, 0.6) is 0 Å². The highest BCUT2D eigenvalue weighted by Crippen LogP contribution is 2.01. The summed E-state index contributed by atoms with van der Waals surface area (Å²) in [5.41, 5.74) is 0. The molecule has 0 aromatic carbocycles. The summed E-state index contributed by atoms with van der Waals surface area (Å²) in [7, 11) is 0. The molecule has 0 saturated carbocycles. The van der Waals surface area contributed by atoms with Crippen molar-refractivity contribution in [2.24, 2.45) is 0 Å². The molecule has 0 heterocycles. The Morgan fingerprint density at radius 2 is 1.65 bits per heavy atom. The molecule has 0 bridgehead atoms. The van der Waals surface area contributed by atoms with E-state index in [0.717, 1.165) is 38.8 Å². The lowest BCUT2D eigenvalue weighted by molar-refractivity contribution is -0.149. The maximum atomic E-state index is 11.8. The largest absolute Gasteiger partial charge is 0.455 e. The fourth-order valence-corrected chi connectivity index (χ4v) is 1.49. The number of unbranched alkanes of at least 4 members (excludes halogenated alkanes) is 2. The summed E-state index contributed by atoms with van der Waals surface area (Å²) < 4.78 is 4.82. The maximum Gasteiger partial charge on any atom is 0.317 e. The first-order valence-electron chi connectivity index (χ1n) is 6.15. The number of nitrogens with zero attached hydrogens (tertiary/aromatic N) is 1. The van der Waals surface area contributed by atoms with Crippen LogP contribution in [-0.2, 0) is 14.3 Å². The number of esters is 1. The number of halogens is 1. The van der Waals surface area contributed by atoms with Gasteiger partial charge in [0.2, 0.25) is 0 Å². The minimum Gasteiger partial charge on any atom is -0.455 e. The topological polar surface area (TPSA) is 46.6 Å². The van der Waals surface area contributed by atoms with Crippen LogP contribution in [0.3, 0.4) is 0 Å². The standard InChI is InChI=1S/C12H22BrNO3/c1-3-5-7-14(8-6-4-2)11(15)10-17-12(16)9-13/h3-10H2,1-2H3. The van der Waals surface area contributed by atoms with E-state index in [9.17, 15) is 9.59 Å². The summed E-state index contributed by atoms with van der Waals surface area (Å²) in [6, 6.07) is 0. The van der Waals surface area contributed by atoms with Crippen LogP contribution in [0.2, 0.25) is 0 Å². The van der Waals surface area contributed by atoms with E-state index in [4.69, 9.17) is 4.74 Å². The Balaban J connectivity index is 4.06. The zero-order chi connectivity index (χ0) is 13.1. The molecule has 0 aromatic rings. The van der Waals surface area contributed by atoms with Gasteiger partial charge in [-0.15, -0.1) is 0 Å². The van der Waals surface area contributed by atoms with Crippen LogP contribution in [0.1, 0.15) is 39.5 Å². The van der Waals surface area contributed by atoms with Crippen LogP contribution in [0, 0.1) is 0 Å². The predicted molar refractivity (Wildman–Crippen MR) is 71.1 cm³/mol. The number of ether oxygens (including phenoxy) is 1. The number of alkyl halides is 1. The zero-order valence-corrected chi connectivity index (χ0v) is 12.3. The van der Waals surface area contributed by atoms with Crippen LogP contribution in [0.25, 0.3) is 0 Å². The molecule has 0 aliphatic rings. The van der Waals surface area contributed by atoms with Crippen molar-refractivity contribution in [3.63, 3.8) is 0 Å². The van der Waals surface area contributed by atoms with Gasteiger partial charge in [-0.3, -0.25) is 9.59 Å². The summed E-state index contributed by atoms with van der Waals surface area (Å²) in [5.74, 6) is -0.495. The monoisotopic (exact) mass is 307 g/mol. The summed E-state index contributed by atoms with van der Waals surface area (Å²) in [6.07, 6.45) is 4.08. The van der Waals surface area contributed by atoms with E-state index in [1.807, 2.05) is 0 Å². The fourth-order valence-electron chi connectivity index (χ4n) is 1.33. The van der Waals surface area contributed by atoms with Gasteiger partial charge < -0.3 is 9.64 Å². The highest BCUT2D eigenvalue weighted by atomic mass is 79.9. The second-order valence-electron chi connectivity index (χ2n) is 3.88. The van der Waals surface area contributed by atoms with Gasteiger partial charge in [-0.05, 0) is 12.8 Å². The molecule has 0 aliphatic heterocycles. The highest BCUT2D eigenvalue weighted by molar-refractivity contribution is 9.09.